The third-order valence-corrected chi connectivity index (χ3v) is 7.01. The van der Waals surface area contributed by atoms with Crippen molar-refractivity contribution in [3.8, 4) is 0 Å². The van der Waals surface area contributed by atoms with Gasteiger partial charge in [-0.05, 0) is 24.1 Å². The number of hydrogen-bond donors (Lipinski definition) is 0. The first-order valence-corrected chi connectivity index (χ1v) is 12.2. The predicted octanol–water partition coefficient (Wildman–Crippen LogP) is 3.75. The molecule has 2 aromatic heterocycles. The number of nitrogens with zero attached hydrogens (tertiary/aromatic N) is 4. The molecule has 1 unspecified atom stereocenters. The SMILES string of the molecule is CC(C)C1c2cc3ccc(S(C)(=O)=O)cc3n2CCN1CC(=O)c1cncnc1C(F)(F)F. The summed E-state index contributed by atoms with van der Waals surface area (Å²) in [6.07, 6.45) is -1.91. The molecular weight excluding hydrogens is 457 g/mol. The fraction of sp³-hybridized carbons (Fsp3) is 0.409. The minimum Gasteiger partial charge on any atom is -0.342 e. The van der Waals surface area contributed by atoms with E-state index in [-0.39, 0.29) is 23.4 Å². The van der Waals surface area contributed by atoms with E-state index in [0.29, 0.717) is 13.1 Å². The molecule has 33 heavy (non-hydrogen) atoms. The highest BCUT2D eigenvalue weighted by Gasteiger charge is 2.39. The lowest BCUT2D eigenvalue weighted by atomic mass is 9.96. The van der Waals surface area contributed by atoms with Gasteiger partial charge in [0.15, 0.2) is 21.3 Å². The summed E-state index contributed by atoms with van der Waals surface area (Å²) in [7, 11) is -3.37. The predicted molar refractivity (Wildman–Crippen MR) is 116 cm³/mol. The molecule has 11 heteroatoms. The van der Waals surface area contributed by atoms with E-state index in [0.717, 1.165) is 35.4 Å². The molecule has 1 aromatic carbocycles. The van der Waals surface area contributed by atoms with Gasteiger partial charge in [0.05, 0.1) is 23.0 Å². The maximum atomic E-state index is 13.3. The third kappa shape index (κ3) is 4.39. The zero-order chi connectivity index (χ0) is 24.1. The average Bonchev–Trinajstić information content (AvgIpc) is 3.09. The number of fused-ring (bicyclic) bond motifs is 3. The zero-order valence-electron chi connectivity index (χ0n) is 18.3. The number of benzene rings is 1. The van der Waals surface area contributed by atoms with Gasteiger partial charge in [-0.1, -0.05) is 19.9 Å². The quantitative estimate of drug-likeness (QED) is 0.517. The van der Waals surface area contributed by atoms with Gasteiger partial charge in [-0.15, -0.1) is 0 Å². The Morgan fingerprint density at radius 2 is 1.94 bits per heavy atom. The Bertz CT molecular complexity index is 1330. The highest BCUT2D eigenvalue weighted by molar-refractivity contribution is 7.90. The summed E-state index contributed by atoms with van der Waals surface area (Å²) < 4.78 is 66.0. The van der Waals surface area contributed by atoms with Crippen LogP contribution in [0.2, 0.25) is 0 Å². The minimum atomic E-state index is -4.75. The molecule has 0 radical (unpaired) electrons. The van der Waals surface area contributed by atoms with Gasteiger partial charge in [0.1, 0.15) is 6.33 Å². The van der Waals surface area contributed by atoms with E-state index in [9.17, 15) is 26.4 Å². The van der Waals surface area contributed by atoms with Crippen LogP contribution in [0.4, 0.5) is 13.2 Å². The Kier molecular flexibility index (Phi) is 5.81. The third-order valence-electron chi connectivity index (χ3n) is 5.90. The van der Waals surface area contributed by atoms with Crippen LogP contribution in [0.1, 0.15) is 41.6 Å². The van der Waals surface area contributed by atoms with Gasteiger partial charge < -0.3 is 4.57 Å². The van der Waals surface area contributed by atoms with Crippen LogP contribution in [0.25, 0.3) is 10.9 Å². The first-order chi connectivity index (χ1) is 15.4. The van der Waals surface area contributed by atoms with Crippen LogP contribution in [0.3, 0.4) is 0 Å². The molecule has 176 valence electrons. The molecule has 1 aliphatic rings. The molecule has 3 heterocycles. The molecule has 7 nitrogen and oxygen atoms in total. The van der Waals surface area contributed by atoms with E-state index in [2.05, 4.69) is 9.97 Å². The van der Waals surface area contributed by atoms with Crippen LogP contribution in [0.15, 0.2) is 41.7 Å². The Balaban J connectivity index is 1.71. The van der Waals surface area contributed by atoms with Crippen molar-refractivity contribution in [1.29, 1.82) is 0 Å². The lowest BCUT2D eigenvalue weighted by Crippen LogP contribution is -2.43. The minimum absolute atomic E-state index is 0.0460. The van der Waals surface area contributed by atoms with Crippen LogP contribution in [0.5, 0.6) is 0 Å². The maximum Gasteiger partial charge on any atom is 0.434 e. The van der Waals surface area contributed by atoms with Gasteiger partial charge in [0.2, 0.25) is 0 Å². The summed E-state index contributed by atoms with van der Waals surface area (Å²) >= 11 is 0. The Morgan fingerprint density at radius 1 is 1.21 bits per heavy atom. The topological polar surface area (TPSA) is 85.2 Å². The standard InChI is InChI=1S/C22H23F3N4O3S/c1-13(2)20-18-8-14-4-5-15(33(3,31)32)9-17(14)29(18)7-6-28(20)11-19(30)16-10-26-12-27-21(16)22(23,24)25/h4-5,8-10,12-13,20H,6-7,11H2,1-3H3. The van der Waals surface area contributed by atoms with Gasteiger partial charge in [-0.25, -0.2) is 18.4 Å². The first-order valence-electron chi connectivity index (χ1n) is 10.4. The van der Waals surface area contributed by atoms with Gasteiger partial charge >= 0.3 is 6.18 Å². The van der Waals surface area contributed by atoms with Crippen LogP contribution in [-0.4, -0.2) is 53.0 Å². The van der Waals surface area contributed by atoms with E-state index < -0.39 is 33.1 Å². The summed E-state index contributed by atoms with van der Waals surface area (Å²) in [5.74, 6) is -0.651. The fourth-order valence-electron chi connectivity index (χ4n) is 4.51. The number of halogens is 3. The van der Waals surface area contributed by atoms with E-state index in [1.807, 2.05) is 29.4 Å². The molecule has 0 bridgehead atoms. The molecule has 4 rings (SSSR count). The number of carbonyl (C=O) groups is 1. The monoisotopic (exact) mass is 480 g/mol. The normalized spacial score (nSPS) is 17.5. The summed E-state index contributed by atoms with van der Waals surface area (Å²) in [6.45, 7) is 4.63. The number of alkyl halides is 3. The summed E-state index contributed by atoms with van der Waals surface area (Å²) in [4.78, 5) is 21.9. The fourth-order valence-corrected chi connectivity index (χ4v) is 5.15. The molecule has 1 atom stereocenters. The molecule has 0 aliphatic carbocycles. The number of carbonyl (C=O) groups excluding carboxylic acids is 1. The number of rotatable bonds is 5. The van der Waals surface area contributed by atoms with Crippen LogP contribution >= 0.6 is 0 Å². The Labute approximate surface area is 189 Å². The largest absolute Gasteiger partial charge is 0.434 e. The second kappa shape index (κ2) is 8.21. The van der Waals surface area contributed by atoms with Crippen molar-refractivity contribution < 1.29 is 26.4 Å². The van der Waals surface area contributed by atoms with Crippen molar-refractivity contribution in [3.63, 3.8) is 0 Å². The molecule has 0 amide bonds. The van der Waals surface area contributed by atoms with Crippen LogP contribution in [-0.2, 0) is 22.6 Å². The van der Waals surface area contributed by atoms with Crippen LogP contribution in [0, 0.1) is 5.92 Å². The Morgan fingerprint density at radius 3 is 2.58 bits per heavy atom. The van der Waals surface area contributed by atoms with Crippen molar-refractivity contribution in [2.24, 2.45) is 5.92 Å². The molecule has 0 spiro atoms. The van der Waals surface area contributed by atoms with E-state index in [1.165, 1.54) is 0 Å². The lowest BCUT2D eigenvalue weighted by Gasteiger charge is -2.39. The summed E-state index contributed by atoms with van der Waals surface area (Å²) in [5.41, 5.74) is -0.107. The van der Waals surface area contributed by atoms with Crippen molar-refractivity contribution in [1.82, 2.24) is 19.4 Å². The first kappa shape index (κ1) is 23.4. The second-order valence-corrected chi connectivity index (χ2v) is 10.6. The number of hydrogen-bond acceptors (Lipinski definition) is 6. The highest BCUT2D eigenvalue weighted by Crippen LogP contribution is 2.37. The van der Waals surface area contributed by atoms with E-state index in [4.69, 9.17) is 0 Å². The smallest absolute Gasteiger partial charge is 0.342 e. The second-order valence-electron chi connectivity index (χ2n) is 8.58. The number of aromatic nitrogens is 3. The maximum absolute atomic E-state index is 13.3. The molecular formula is C22H23F3N4O3S. The summed E-state index contributed by atoms with van der Waals surface area (Å²) in [5, 5.41) is 0.868. The van der Waals surface area contributed by atoms with Gasteiger partial charge in [-0.3, -0.25) is 9.69 Å². The highest BCUT2D eigenvalue weighted by atomic mass is 32.2. The van der Waals surface area contributed by atoms with Gasteiger partial charge in [0.25, 0.3) is 0 Å². The molecule has 1 aliphatic heterocycles. The van der Waals surface area contributed by atoms with Gasteiger partial charge in [0, 0.05) is 42.1 Å². The molecule has 0 saturated heterocycles. The Hall–Kier alpha value is -2.79. The van der Waals surface area contributed by atoms with E-state index in [1.54, 1.807) is 18.2 Å². The number of sulfone groups is 1. The number of Topliss-reactive ketones (excluding diaryl/α,β-unsaturated/α-hetero) is 1. The number of ketones is 1. The molecule has 0 fully saturated rings. The van der Waals surface area contributed by atoms with Crippen molar-refractivity contribution in [2.45, 2.75) is 37.5 Å². The van der Waals surface area contributed by atoms with Crippen molar-refractivity contribution in [3.05, 3.63) is 53.7 Å². The van der Waals surface area contributed by atoms with Crippen molar-refractivity contribution >= 4 is 26.5 Å². The van der Waals surface area contributed by atoms with Gasteiger partial charge in [-0.2, -0.15) is 13.2 Å². The molecule has 3 aromatic rings. The summed E-state index contributed by atoms with van der Waals surface area (Å²) in [6, 6.07) is 6.67. The zero-order valence-corrected chi connectivity index (χ0v) is 19.1. The average molecular weight is 481 g/mol. The van der Waals surface area contributed by atoms with Crippen LogP contribution < -0.4 is 0 Å². The molecule has 0 N–H and O–H groups in total. The molecule has 0 saturated carbocycles. The van der Waals surface area contributed by atoms with E-state index >= 15 is 0 Å². The van der Waals surface area contributed by atoms with Crippen molar-refractivity contribution in [2.75, 3.05) is 19.3 Å². The lowest BCUT2D eigenvalue weighted by molar-refractivity contribution is -0.141.